The van der Waals surface area contributed by atoms with Crippen molar-refractivity contribution in [1.82, 2.24) is 19.7 Å². The summed E-state index contributed by atoms with van der Waals surface area (Å²) in [6.45, 7) is 8.20. The number of nitrogens with one attached hydrogen (secondary N) is 1. The molecule has 9 heteroatoms. The van der Waals surface area contributed by atoms with E-state index in [9.17, 15) is 9.18 Å². The van der Waals surface area contributed by atoms with Crippen molar-refractivity contribution in [2.75, 3.05) is 16.8 Å². The minimum absolute atomic E-state index is 0.0831. The van der Waals surface area contributed by atoms with Gasteiger partial charge in [-0.3, -0.25) is 4.90 Å². The summed E-state index contributed by atoms with van der Waals surface area (Å²) >= 11 is 0. The Morgan fingerprint density at radius 3 is 2.74 bits per heavy atom. The molecular weight excluding hydrogens is 399 g/mol. The summed E-state index contributed by atoms with van der Waals surface area (Å²) in [7, 11) is 0. The predicted octanol–water partition coefficient (Wildman–Crippen LogP) is 4.26. The van der Waals surface area contributed by atoms with Gasteiger partial charge in [0.2, 0.25) is 5.95 Å². The monoisotopic (exact) mass is 424 g/mol. The number of hydrogen-bond acceptors (Lipinski definition) is 6. The van der Waals surface area contributed by atoms with Gasteiger partial charge < -0.3 is 10.1 Å². The summed E-state index contributed by atoms with van der Waals surface area (Å²) in [5.41, 5.74) is 2.08. The van der Waals surface area contributed by atoms with E-state index in [1.807, 2.05) is 33.8 Å². The fourth-order valence-electron chi connectivity index (χ4n) is 3.54. The number of ether oxygens (including phenoxy) is 1. The minimum atomic E-state index is -0.414. The van der Waals surface area contributed by atoms with Crippen LogP contribution in [0.2, 0.25) is 0 Å². The summed E-state index contributed by atoms with van der Waals surface area (Å²) in [6, 6.07) is 6.34. The van der Waals surface area contributed by atoms with Crippen LogP contribution < -0.4 is 10.2 Å². The number of hydrogen-bond donors (Lipinski definition) is 1. The van der Waals surface area contributed by atoms with Crippen molar-refractivity contribution < 1.29 is 13.9 Å². The number of carbonyl (C=O) groups is 1. The van der Waals surface area contributed by atoms with Crippen LogP contribution in [0.5, 0.6) is 0 Å². The Kier molecular flexibility index (Phi) is 5.58. The Morgan fingerprint density at radius 1 is 1.26 bits per heavy atom. The Bertz CT molecular complexity index is 1100. The highest BCUT2D eigenvalue weighted by molar-refractivity contribution is 5.89. The number of rotatable bonds is 6. The van der Waals surface area contributed by atoms with Gasteiger partial charge in [-0.1, -0.05) is 19.9 Å². The molecule has 3 heterocycles. The van der Waals surface area contributed by atoms with E-state index in [4.69, 9.17) is 4.74 Å². The molecule has 1 unspecified atom stereocenters. The molecule has 1 aromatic carbocycles. The first-order valence-electron chi connectivity index (χ1n) is 10.2. The van der Waals surface area contributed by atoms with Gasteiger partial charge in [0.05, 0.1) is 18.3 Å². The first-order chi connectivity index (χ1) is 14.8. The molecule has 1 amide bonds. The molecule has 8 nitrogen and oxygen atoms in total. The van der Waals surface area contributed by atoms with E-state index in [2.05, 4.69) is 20.4 Å². The largest absolute Gasteiger partial charge is 0.447 e. The van der Waals surface area contributed by atoms with Crippen LogP contribution in [-0.2, 0) is 4.74 Å². The van der Waals surface area contributed by atoms with Crippen LogP contribution in [0.1, 0.15) is 37.9 Å². The number of nitrogens with zero attached hydrogens (tertiary/aromatic N) is 5. The van der Waals surface area contributed by atoms with Crippen LogP contribution in [-0.4, -0.2) is 38.5 Å². The van der Waals surface area contributed by atoms with Crippen molar-refractivity contribution in [3.8, 4) is 5.69 Å². The first kappa shape index (κ1) is 20.8. The van der Waals surface area contributed by atoms with Gasteiger partial charge in [0, 0.05) is 12.4 Å². The average molecular weight is 424 g/mol. The SMILES string of the molecule is Cc1cnn(-c2ccc(C(C)Nc3nccc(N4C(=O)OC[C@@H]4C(C)C)n3)cc2F)c1. The lowest BCUT2D eigenvalue weighted by atomic mass is 10.0. The van der Waals surface area contributed by atoms with Crippen molar-refractivity contribution in [3.05, 3.63) is 59.8 Å². The van der Waals surface area contributed by atoms with Gasteiger partial charge in [0.25, 0.3) is 0 Å². The van der Waals surface area contributed by atoms with Gasteiger partial charge in [-0.05, 0) is 49.1 Å². The second-order valence-corrected chi connectivity index (χ2v) is 8.04. The van der Waals surface area contributed by atoms with Gasteiger partial charge in [0.1, 0.15) is 23.9 Å². The fraction of sp³-hybridized carbons (Fsp3) is 0.364. The highest BCUT2D eigenvalue weighted by Gasteiger charge is 2.37. The zero-order valence-electron chi connectivity index (χ0n) is 17.9. The lowest BCUT2D eigenvalue weighted by molar-refractivity contribution is 0.177. The predicted molar refractivity (Wildman–Crippen MR) is 115 cm³/mol. The van der Waals surface area contributed by atoms with Gasteiger partial charge in [-0.15, -0.1) is 0 Å². The molecule has 0 saturated carbocycles. The molecule has 3 aromatic rings. The lowest BCUT2D eigenvalue weighted by Gasteiger charge is -2.23. The molecule has 0 aliphatic carbocycles. The standard InChI is InChI=1S/C22H25FN6O2/c1-13(2)19-12-31-22(30)29(19)20-7-8-24-21(27-20)26-15(4)16-5-6-18(17(23)9-16)28-11-14(3)10-25-28/h5-11,13,15,19H,12H2,1-4H3,(H,24,26,27)/t15?,19-/m1/s1. The maximum Gasteiger partial charge on any atom is 0.415 e. The molecule has 162 valence electrons. The van der Waals surface area contributed by atoms with Crippen LogP contribution >= 0.6 is 0 Å². The quantitative estimate of drug-likeness (QED) is 0.636. The third-order valence-corrected chi connectivity index (χ3v) is 5.34. The smallest absolute Gasteiger partial charge is 0.415 e. The third kappa shape index (κ3) is 4.21. The van der Waals surface area contributed by atoms with Crippen molar-refractivity contribution in [2.24, 2.45) is 5.92 Å². The van der Waals surface area contributed by atoms with Gasteiger partial charge in [-0.25, -0.2) is 18.9 Å². The summed E-state index contributed by atoms with van der Waals surface area (Å²) in [5, 5.41) is 7.34. The van der Waals surface area contributed by atoms with Crippen LogP contribution in [0.4, 0.5) is 21.0 Å². The van der Waals surface area contributed by atoms with E-state index >= 15 is 0 Å². The van der Waals surface area contributed by atoms with Crippen LogP contribution in [0.3, 0.4) is 0 Å². The normalized spacial score (nSPS) is 17.2. The fourth-order valence-corrected chi connectivity index (χ4v) is 3.54. The van der Waals surface area contributed by atoms with Gasteiger partial charge >= 0.3 is 6.09 Å². The molecule has 2 aromatic heterocycles. The Balaban J connectivity index is 1.53. The zero-order chi connectivity index (χ0) is 22.1. The molecule has 0 bridgehead atoms. The molecule has 2 atom stereocenters. The lowest BCUT2D eigenvalue weighted by Crippen LogP contribution is -2.37. The third-order valence-electron chi connectivity index (χ3n) is 5.34. The van der Waals surface area contributed by atoms with Gasteiger partial charge in [0.15, 0.2) is 0 Å². The number of carbonyl (C=O) groups excluding carboxylic acids is 1. The summed E-state index contributed by atoms with van der Waals surface area (Å²) in [6.07, 6.45) is 4.63. The van der Waals surface area contributed by atoms with Crippen molar-refractivity contribution >= 4 is 17.9 Å². The summed E-state index contributed by atoms with van der Waals surface area (Å²) < 4.78 is 21.4. The minimum Gasteiger partial charge on any atom is -0.447 e. The molecule has 1 saturated heterocycles. The van der Waals surface area contributed by atoms with Crippen LogP contribution in [0.15, 0.2) is 42.9 Å². The summed E-state index contributed by atoms with van der Waals surface area (Å²) in [4.78, 5) is 22.5. The zero-order valence-corrected chi connectivity index (χ0v) is 17.9. The molecule has 1 aliphatic heterocycles. The number of benzene rings is 1. The number of aromatic nitrogens is 4. The molecule has 1 N–H and O–H groups in total. The molecule has 31 heavy (non-hydrogen) atoms. The Morgan fingerprint density at radius 2 is 2.06 bits per heavy atom. The Labute approximate surface area is 180 Å². The second-order valence-electron chi connectivity index (χ2n) is 8.04. The molecule has 4 rings (SSSR count). The second kappa shape index (κ2) is 8.33. The number of halogens is 1. The van der Waals surface area contributed by atoms with Crippen molar-refractivity contribution in [2.45, 2.75) is 39.8 Å². The van der Waals surface area contributed by atoms with E-state index in [1.54, 1.807) is 35.6 Å². The van der Waals surface area contributed by atoms with E-state index in [-0.39, 0.29) is 23.8 Å². The molecule has 0 radical (unpaired) electrons. The van der Waals surface area contributed by atoms with E-state index < -0.39 is 6.09 Å². The van der Waals surface area contributed by atoms with Gasteiger partial charge in [-0.2, -0.15) is 10.1 Å². The van der Waals surface area contributed by atoms with Crippen molar-refractivity contribution in [3.63, 3.8) is 0 Å². The number of aryl methyl sites for hydroxylation is 1. The summed E-state index contributed by atoms with van der Waals surface area (Å²) in [5.74, 6) is 0.668. The molecule has 1 aliphatic rings. The van der Waals surface area contributed by atoms with E-state index in [1.165, 1.54) is 10.7 Å². The molecule has 1 fully saturated rings. The number of anilines is 2. The van der Waals surface area contributed by atoms with Crippen LogP contribution in [0, 0.1) is 18.7 Å². The van der Waals surface area contributed by atoms with E-state index in [0.717, 1.165) is 11.1 Å². The van der Waals surface area contributed by atoms with Crippen LogP contribution in [0.25, 0.3) is 5.69 Å². The highest BCUT2D eigenvalue weighted by atomic mass is 19.1. The number of amides is 1. The maximum absolute atomic E-state index is 14.7. The molecule has 0 spiro atoms. The number of cyclic esters (lactones) is 1. The average Bonchev–Trinajstić information content (AvgIpc) is 3.33. The van der Waals surface area contributed by atoms with E-state index in [0.29, 0.717) is 24.1 Å². The van der Waals surface area contributed by atoms with Crippen molar-refractivity contribution in [1.29, 1.82) is 0 Å². The molecular formula is C22H25FN6O2. The highest BCUT2D eigenvalue weighted by Crippen LogP contribution is 2.27. The first-order valence-corrected chi connectivity index (χ1v) is 10.2. The topological polar surface area (TPSA) is 85.2 Å². The Hall–Kier alpha value is -3.49. The maximum atomic E-state index is 14.7.